The predicted octanol–water partition coefficient (Wildman–Crippen LogP) is 1.17. The Labute approximate surface area is 126 Å². The molecule has 0 amide bonds. The normalized spacial score (nSPS) is 17.3. The summed E-state index contributed by atoms with van der Waals surface area (Å²) in [6.07, 6.45) is 0.855. The summed E-state index contributed by atoms with van der Waals surface area (Å²) in [4.78, 5) is 12.1. The summed E-state index contributed by atoms with van der Waals surface area (Å²) in [5.74, 6) is 0.230. The molecule has 120 valence electrons. The van der Waals surface area contributed by atoms with E-state index in [4.69, 9.17) is 9.84 Å². The van der Waals surface area contributed by atoms with Gasteiger partial charge < -0.3 is 20.3 Å². The molecule has 0 saturated heterocycles. The zero-order valence-corrected chi connectivity index (χ0v) is 13.8. The van der Waals surface area contributed by atoms with Gasteiger partial charge in [0.2, 0.25) is 0 Å². The minimum absolute atomic E-state index is 0.176. The van der Waals surface area contributed by atoms with Gasteiger partial charge >= 0.3 is 5.97 Å². The van der Waals surface area contributed by atoms with Crippen LogP contribution in [0, 0.1) is 0 Å². The predicted molar refractivity (Wildman–Crippen MR) is 83.0 cm³/mol. The highest BCUT2D eigenvalue weighted by molar-refractivity contribution is 7.99. The Bertz CT molecular complexity index is 278. The lowest BCUT2D eigenvalue weighted by atomic mass is 9.96. The Kier molecular flexibility index (Phi) is 10.3. The Morgan fingerprint density at radius 1 is 1.45 bits per heavy atom. The van der Waals surface area contributed by atoms with Gasteiger partial charge in [0.25, 0.3) is 0 Å². The van der Waals surface area contributed by atoms with E-state index in [-0.39, 0.29) is 17.8 Å². The lowest BCUT2D eigenvalue weighted by Crippen LogP contribution is -2.52. The number of esters is 1. The minimum Gasteiger partial charge on any atom is -0.465 e. The van der Waals surface area contributed by atoms with Crippen LogP contribution >= 0.6 is 11.8 Å². The van der Waals surface area contributed by atoms with Gasteiger partial charge in [-0.05, 0) is 33.2 Å². The summed E-state index contributed by atoms with van der Waals surface area (Å²) in [7, 11) is 0. The first kappa shape index (κ1) is 19.7. The van der Waals surface area contributed by atoms with Crippen LogP contribution in [-0.2, 0) is 9.53 Å². The SMILES string of the molecule is CCCNC(C)(CC(C)SCC(O)CO)C(=O)OCC. The molecule has 0 heterocycles. The van der Waals surface area contributed by atoms with Gasteiger partial charge in [0, 0.05) is 11.0 Å². The van der Waals surface area contributed by atoms with Crippen LogP contribution < -0.4 is 5.32 Å². The van der Waals surface area contributed by atoms with E-state index in [1.807, 2.05) is 20.8 Å². The number of aliphatic hydroxyl groups excluding tert-OH is 2. The van der Waals surface area contributed by atoms with Gasteiger partial charge in [0.1, 0.15) is 5.54 Å². The summed E-state index contributed by atoms with van der Waals surface area (Å²) in [6.45, 7) is 8.62. The molecular weight excluding hydrogens is 278 g/mol. The zero-order chi connectivity index (χ0) is 15.6. The van der Waals surface area contributed by atoms with E-state index in [1.165, 1.54) is 0 Å². The van der Waals surface area contributed by atoms with E-state index in [0.29, 0.717) is 18.8 Å². The van der Waals surface area contributed by atoms with Gasteiger partial charge in [-0.25, -0.2) is 0 Å². The zero-order valence-electron chi connectivity index (χ0n) is 13.0. The first-order valence-corrected chi connectivity index (χ1v) is 8.27. The molecule has 5 nitrogen and oxygen atoms in total. The van der Waals surface area contributed by atoms with E-state index in [0.717, 1.165) is 13.0 Å². The molecule has 6 heteroatoms. The largest absolute Gasteiger partial charge is 0.465 e. The second-order valence-electron chi connectivity index (χ2n) is 5.16. The molecule has 20 heavy (non-hydrogen) atoms. The molecule has 0 aliphatic heterocycles. The first-order chi connectivity index (χ1) is 9.39. The van der Waals surface area contributed by atoms with E-state index in [1.54, 1.807) is 18.7 Å². The van der Waals surface area contributed by atoms with E-state index >= 15 is 0 Å². The summed E-state index contributed by atoms with van der Waals surface area (Å²) in [5.41, 5.74) is -0.706. The van der Waals surface area contributed by atoms with Crippen molar-refractivity contribution in [1.29, 1.82) is 0 Å². The summed E-state index contributed by atoms with van der Waals surface area (Å²) in [6, 6.07) is 0. The highest BCUT2D eigenvalue weighted by Gasteiger charge is 2.35. The molecule has 0 aliphatic rings. The van der Waals surface area contributed by atoms with Crippen LogP contribution in [0.25, 0.3) is 0 Å². The van der Waals surface area contributed by atoms with Crippen LogP contribution in [0.4, 0.5) is 0 Å². The number of hydrogen-bond acceptors (Lipinski definition) is 6. The number of hydrogen-bond donors (Lipinski definition) is 3. The van der Waals surface area contributed by atoms with Crippen molar-refractivity contribution in [3.05, 3.63) is 0 Å². The van der Waals surface area contributed by atoms with Crippen molar-refractivity contribution < 1.29 is 19.7 Å². The van der Waals surface area contributed by atoms with Crippen molar-refractivity contribution in [1.82, 2.24) is 5.32 Å². The molecule has 0 bridgehead atoms. The van der Waals surface area contributed by atoms with Crippen LogP contribution in [0.2, 0.25) is 0 Å². The van der Waals surface area contributed by atoms with Crippen LogP contribution in [0.15, 0.2) is 0 Å². The molecule has 0 aliphatic carbocycles. The van der Waals surface area contributed by atoms with E-state index < -0.39 is 11.6 Å². The molecule has 0 spiro atoms. The Balaban J connectivity index is 4.50. The molecule has 0 radical (unpaired) electrons. The second kappa shape index (κ2) is 10.4. The Morgan fingerprint density at radius 2 is 2.10 bits per heavy atom. The second-order valence-corrected chi connectivity index (χ2v) is 6.64. The maximum absolute atomic E-state index is 12.1. The van der Waals surface area contributed by atoms with Crippen molar-refractivity contribution in [3.8, 4) is 0 Å². The third-order valence-electron chi connectivity index (χ3n) is 2.97. The van der Waals surface area contributed by atoms with Gasteiger partial charge in [0.05, 0.1) is 19.3 Å². The number of thioether (sulfide) groups is 1. The molecule has 0 aromatic carbocycles. The standard InChI is InChI=1S/C14H29NO4S/c1-5-7-15-14(4,13(18)19-6-2)8-11(3)20-10-12(17)9-16/h11-12,15-17H,5-10H2,1-4H3. The monoisotopic (exact) mass is 307 g/mol. The molecule has 0 saturated carbocycles. The maximum atomic E-state index is 12.1. The van der Waals surface area contributed by atoms with Crippen molar-refractivity contribution in [3.63, 3.8) is 0 Å². The third kappa shape index (κ3) is 7.47. The van der Waals surface area contributed by atoms with Gasteiger partial charge in [0.15, 0.2) is 0 Å². The number of aliphatic hydroxyl groups is 2. The highest BCUT2D eigenvalue weighted by Crippen LogP contribution is 2.24. The number of carbonyl (C=O) groups excluding carboxylic acids is 1. The van der Waals surface area contributed by atoms with E-state index in [2.05, 4.69) is 5.32 Å². The lowest BCUT2D eigenvalue weighted by Gasteiger charge is -2.31. The maximum Gasteiger partial charge on any atom is 0.326 e. The molecule has 3 N–H and O–H groups in total. The fourth-order valence-corrected chi connectivity index (χ4v) is 2.99. The fourth-order valence-electron chi connectivity index (χ4n) is 1.88. The number of rotatable bonds is 11. The third-order valence-corrected chi connectivity index (χ3v) is 4.28. The molecule has 3 atom stereocenters. The lowest BCUT2D eigenvalue weighted by molar-refractivity contribution is -0.150. The van der Waals surface area contributed by atoms with Crippen LogP contribution in [-0.4, -0.2) is 58.6 Å². The van der Waals surface area contributed by atoms with Crippen LogP contribution in [0.3, 0.4) is 0 Å². The average molecular weight is 307 g/mol. The summed E-state index contributed by atoms with van der Waals surface area (Å²) in [5, 5.41) is 21.6. The van der Waals surface area contributed by atoms with Crippen molar-refractivity contribution in [2.45, 2.75) is 57.4 Å². The first-order valence-electron chi connectivity index (χ1n) is 7.22. The molecular formula is C14H29NO4S. The number of carbonyl (C=O) groups is 1. The van der Waals surface area contributed by atoms with Gasteiger partial charge in [-0.3, -0.25) is 4.79 Å². The van der Waals surface area contributed by atoms with E-state index in [9.17, 15) is 9.90 Å². The van der Waals surface area contributed by atoms with Gasteiger partial charge in [-0.1, -0.05) is 13.8 Å². The summed E-state index contributed by atoms with van der Waals surface area (Å²) < 4.78 is 5.15. The fraction of sp³-hybridized carbons (Fsp3) is 0.929. The average Bonchev–Trinajstić information content (AvgIpc) is 2.42. The van der Waals surface area contributed by atoms with Crippen molar-refractivity contribution in [2.75, 3.05) is 25.5 Å². The Morgan fingerprint density at radius 3 is 2.60 bits per heavy atom. The number of ether oxygens (including phenoxy) is 1. The molecule has 0 aromatic rings. The van der Waals surface area contributed by atoms with Gasteiger partial charge in [-0.2, -0.15) is 11.8 Å². The van der Waals surface area contributed by atoms with Crippen LogP contribution in [0.5, 0.6) is 0 Å². The summed E-state index contributed by atoms with van der Waals surface area (Å²) >= 11 is 1.55. The molecule has 0 rings (SSSR count). The van der Waals surface area contributed by atoms with Crippen molar-refractivity contribution in [2.24, 2.45) is 0 Å². The topological polar surface area (TPSA) is 78.8 Å². The highest BCUT2D eigenvalue weighted by atomic mass is 32.2. The quantitative estimate of drug-likeness (QED) is 0.497. The van der Waals surface area contributed by atoms with Crippen molar-refractivity contribution >= 4 is 17.7 Å². The smallest absolute Gasteiger partial charge is 0.326 e. The van der Waals surface area contributed by atoms with Gasteiger partial charge in [-0.15, -0.1) is 0 Å². The Hall–Kier alpha value is -0.300. The molecule has 3 unspecified atom stereocenters. The molecule has 0 fully saturated rings. The number of nitrogens with one attached hydrogen (secondary N) is 1. The molecule has 0 aromatic heterocycles. The van der Waals surface area contributed by atoms with Crippen LogP contribution in [0.1, 0.15) is 40.5 Å². The minimum atomic E-state index is -0.708.